The van der Waals surface area contributed by atoms with E-state index in [-0.39, 0.29) is 19.1 Å². The average Bonchev–Trinajstić information content (AvgIpc) is 3.26. The Bertz CT molecular complexity index is 1090. The molecule has 1 aliphatic heterocycles. The second-order valence-corrected chi connectivity index (χ2v) is 8.63. The molecule has 2 aromatic carbocycles. The molecule has 1 amide bonds. The molecule has 158 valence electrons. The number of carbonyl (C=O) groups is 1. The molecular weight excluding hydrogens is 394 g/mol. The highest BCUT2D eigenvalue weighted by molar-refractivity contribution is 5.79. The van der Waals surface area contributed by atoms with Crippen molar-refractivity contribution < 1.29 is 19.2 Å². The van der Waals surface area contributed by atoms with Gasteiger partial charge in [0.15, 0.2) is 5.82 Å². The quantitative estimate of drug-likeness (QED) is 0.690. The van der Waals surface area contributed by atoms with Gasteiger partial charge in [-0.3, -0.25) is 4.90 Å². The molecule has 2 fully saturated rings. The van der Waals surface area contributed by atoms with Crippen molar-refractivity contribution in [1.82, 2.24) is 15.0 Å². The molecule has 1 saturated carbocycles. The van der Waals surface area contributed by atoms with Gasteiger partial charge < -0.3 is 14.4 Å². The highest BCUT2D eigenvalue weighted by Crippen LogP contribution is 2.45. The molecule has 0 radical (unpaired) electrons. The fourth-order valence-electron chi connectivity index (χ4n) is 4.82. The number of amides is 1. The number of benzene rings is 2. The first-order valence-electron chi connectivity index (χ1n) is 10.8. The minimum atomic E-state index is -0.637. The predicted octanol–water partition coefficient (Wildman–Crippen LogP) is 4.00. The van der Waals surface area contributed by atoms with E-state index < -0.39 is 18.2 Å². The van der Waals surface area contributed by atoms with Gasteiger partial charge in [-0.1, -0.05) is 53.7 Å². The predicted molar refractivity (Wildman–Crippen MR) is 111 cm³/mol. The Morgan fingerprint density at radius 1 is 1.10 bits per heavy atom. The summed E-state index contributed by atoms with van der Waals surface area (Å²) < 4.78 is 11.2. The molecular formula is C24H23N3O4. The summed E-state index contributed by atoms with van der Waals surface area (Å²) in [6.07, 6.45) is 1.41. The van der Waals surface area contributed by atoms with Crippen molar-refractivity contribution in [1.29, 1.82) is 0 Å². The van der Waals surface area contributed by atoms with Gasteiger partial charge in [-0.25, -0.2) is 4.79 Å². The van der Waals surface area contributed by atoms with E-state index in [0.717, 1.165) is 12.8 Å². The minimum absolute atomic E-state index is 0.00722. The van der Waals surface area contributed by atoms with Crippen LogP contribution in [-0.4, -0.2) is 45.5 Å². The van der Waals surface area contributed by atoms with Gasteiger partial charge in [-0.15, -0.1) is 0 Å². The summed E-state index contributed by atoms with van der Waals surface area (Å²) >= 11 is 0. The van der Waals surface area contributed by atoms with Gasteiger partial charge in [0.25, 0.3) is 0 Å². The number of carbonyl (C=O) groups excluding carboxylic acids is 1. The van der Waals surface area contributed by atoms with E-state index in [0.29, 0.717) is 24.1 Å². The van der Waals surface area contributed by atoms with Crippen LogP contribution < -0.4 is 0 Å². The fourth-order valence-corrected chi connectivity index (χ4v) is 4.82. The minimum Gasteiger partial charge on any atom is -0.448 e. The number of hydrogen-bond donors (Lipinski definition) is 1. The van der Waals surface area contributed by atoms with Crippen molar-refractivity contribution >= 4 is 6.09 Å². The zero-order valence-electron chi connectivity index (χ0n) is 17.0. The molecule has 1 N–H and O–H groups in total. The van der Waals surface area contributed by atoms with Crippen molar-refractivity contribution in [3.05, 3.63) is 71.4 Å². The summed E-state index contributed by atoms with van der Waals surface area (Å²) in [5, 5.41) is 14.3. The van der Waals surface area contributed by atoms with Crippen molar-refractivity contribution in [2.45, 2.75) is 43.2 Å². The zero-order chi connectivity index (χ0) is 20.9. The Hall–Kier alpha value is -3.19. The highest BCUT2D eigenvalue weighted by atomic mass is 16.6. The van der Waals surface area contributed by atoms with Crippen LogP contribution in [0, 0.1) is 0 Å². The molecule has 7 heteroatoms. The maximum Gasteiger partial charge on any atom is 0.410 e. The number of aromatic nitrogens is 2. The molecule has 0 bridgehead atoms. The van der Waals surface area contributed by atoms with Crippen molar-refractivity contribution in [3.63, 3.8) is 0 Å². The standard InChI is InChI=1S/C24H23N3O4/c28-15-11-21(23-25-22(26-31-23)14-9-10-14)27(12-15)24(29)30-13-20-18-7-3-1-5-16(18)17-6-2-4-8-19(17)20/h1-8,14-15,20-21,28H,9-13H2/t15-,21+/m1/s1. The summed E-state index contributed by atoms with van der Waals surface area (Å²) in [5.74, 6) is 1.44. The summed E-state index contributed by atoms with van der Waals surface area (Å²) in [6, 6.07) is 16.0. The smallest absolute Gasteiger partial charge is 0.410 e. The van der Waals surface area contributed by atoms with Gasteiger partial charge in [0.2, 0.25) is 5.89 Å². The largest absolute Gasteiger partial charge is 0.448 e. The van der Waals surface area contributed by atoms with Gasteiger partial charge in [0.05, 0.1) is 12.6 Å². The lowest BCUT2D eigenvalue weighted by atomic mass is 9.98. The third kappa shape index (κ3) is 3.20. The monoisotopic (exact) mass is 417 g/mol. The maximum atomic E-state index is 13.0. The lowest BCUT2D eigenvalue weighted by Crippen LogP contribution is -2.33. The normalized spacial score (nSPS) is 22.4. The third-order valence-corrected chi connectivity index (χ3v) is 6.53. The number of aliphatic hydroxyl groups is 1. The molecule has 2 heterocycles. The second kappa shape index (κ2) is 7.20. The SMILES string of the molecule is O=C(OCC1c2ccccc2-c2ccccc21)N1C[C@H](O)C[C@H]1c1nc(C2CC2)no1. The lowest BCUT2D eigenvalue weighted by molar-refractivity contribution is 0.0864. The van der Waals surface area contributed by atoms with Gasteiger partial charge in [-0.05, 0) is 35.1 Å². The number of aliphatic hydroxyl groups excluding tert-OH is 1. The van der Waals surface area contributed by atoms with E-state index in [1.54, 1.807) is 0 Å². The highest BCUT2D eigenvalue weighted by Gasteiger charge is 2.41. The first-order valence-corrected chi connectivity index (χ1v) is 10.8. The van der Waals surface area contributed by atoms with Crippen LogP contribution in [0.5, 0.6) is 0 Å². The lowest BCUT2D eigenvalue weighted by Gasteiger charge is -2.22. The fraction of sp³-hybridized carbons (Fsp3) is 0.375. The molecule has 6 rings (SSSR count). The molecule has 3 aromatic rings. The van der Waals surface area contributed by atoms with Gasteiger partial charge in [0, 0.05) is 18.3 Å². The molecule has 2 aliphatic carbocycles. The number of likely N-dealkylation sites (tertiary alicyclic amines) is 1. The Labute approximate surface area is 179 Å². The van der Waals surface area contributed by atoms with Crippen molar-refractivity contribution in [3.8, 4) is 11.1 Å². The molecule has 2 atom stereocenters. The molecule has 1 aromatic heterocycles. The number of hydrogen-bond acceptors (Lipinski definition) is 6. The number of fused-ring (bicyclic) bond motifs is 3. The van der Waals surface area contributed by atoms with Crippen LogP contribution in [0.15, 0.2) is 53.1 Å². The van der Waals surface area contributed by atoms with Crippen molar-refractivity contribution in [2.75, 3.05) is 13.2 Å². The second-order valence-electron chi connectivity index (χ2n) is 8.63. The number of β-amino-alcohol motifs (C(OH)–C–C–N with tert-alkyl or cyclic N) is 1. The number of rotatable bonds is 4. The maximum absolute atomic E-state index is 13.0. The number of nitrogens with zero attached hydrogens (tertiary/aromatic N) is 3. The third-order valence-electron chi connectivity index (χ3n) is 6.53. The van der Waals surface area contributed by atoms with E-state index in [1.165, 1.54) is 27.2 Å². The van der Waals surface area contributed by atoms with Gasteiger partial charge in [0.1, 0.15) is 12.6 Å². The average molecular weight is 417 g/mol. The van der Waals surface area contributed by atoms with Gasteiger partial charge >= 0.3 is 6.09 Å². The molecule has 1 saturated heterocycles. The van der Waals surface area contributed by atoms with E-state index in [1.807, 2.05) is 24.3 Å². The van der Waals surface area contributed by atoms with E-state index in [9.17, 15) is 9.90 Å². The Morgan fingerprint density at radius 2 is 1.77 bits per heavy atom. The summed E-state index contributed by atoms with van der Waals surface area (Å²) in [4.78, 5) is 19.0. The van der Waals surface area contributed by atoms with Crippen LogP contribution in [0.3, 0.4) is 0 Å². The first-order chi connectivity index (χ1) is 15.2. The van der Waals surface area contributed by atoms with E-state index in [2.05, 4.69) is 34.4 Å². The summed E-state index contributed by atoms with van der Waals surface area (Å²) in [7, 11) is 0. The van der Waals surface area contributed by atoms with Crippen LogP contribution in [0.1, 0.15) is 60.0 Å². The van der Waals surface area contributed by atoms with Crippen LogP contribution in [-0.2, 0) is 4.74 Å². The van der Waals surface area contributed by atoms with Crippen LogP contribution in [0.2, 0.25) is 0 Å². The zero-order valence-corrected chi connectivity index (χ0v) is 17.0. The van der Waals surface area contributed by atoms with E-state index >= 15 is 0 Å². The van der Waals surface area contributed by atoms with Crippen LogP contribution in [0.25, 0.3) is 11.1 Å². The van der Waals surface area contributed by atoms with Crippen LogP contribution in [0.4, 0.5) is 4.79 Å². The molecule has 31 heavy (non-hydrogen) atoms. The molecule has 7 nitrogen and oxygen atoms in total. The first kappa shape index (κ1) is 18.6. The van der Waals surface area contributed by atoms with Gasteiger partial charge in [-0.2, -0.15) is 4.98 Å². The number of ether oxygens (including phenoxy) is 1. The Balaban J connectivity index is 1.20. The summed E-state index contributed by atoms with van der Waals surface area (Å²) in [5.41, 5.74) is 4.71. The Kier molecular flexibility index (Phi) is 4.31. The van der Waals surface area contributed by atoms with E-state index in [4.69, 9.17) is 9.26 Å². The molecule has 0 unspecified atom stereocenters. The topological polar surface area (TPSA) is 88.7 Å². The van der Waals surface area contributed by atoms with Crippen molar-refractivity contribution in [2.24, 2.45) is 0 Å². The molecule has 3 aliphatic rings. The van der Waals surface area contributed by atoms with Crippen LogP contribution >= 0.6 is 0 Å². The Morgan fingerprint density at radius 3 is 2.45 bits per heavy atom. The summed E-state index contributed by atoms with van der Waals surface area (Å²) in [6.45, 7) is 0.436. The molecule has 0 spiro atoms.